The van der Waals surface area contributed by atoms with Gasteiger partial charge in [0.15, 0.2) is 5.79 Å². The number of rotatable bonds is 5. The SMILES string of the molecule is CCc1ccc([C@H](NC(=O)NC2CCC3(CC2)OCCO3)C(C)C)cc1. The predicted octanol–water partition coefficient (Wildman–Crippen LogP) is 3.93. The molecule has 2 aliphatic rings. The lowest BCUT2D eigenvalue weighted by Gasteiger charge is -2.36. The van der Waals surface area contributed by atoms with E-state index in [1.807, 2.05) is 0 Å². The van der Waals surface area contributed by atoms with Crippen molar-refractivity contribution in [2.24, 2.45) is 5.92 Å². The van der Waals surface area contributed by atoms with Crippen LogP contribution in [0.3, 0.4) is 0 Å². The van der Waals surface area contributed by atoms with E-state index in [0.717, 1.165) is 37.7 Å². The van der Waals surface area contributed by atoms with Gasteiger partial charge in [-0.15, -0.1) is 0 Å². The predicted molar refractivity (Wildman–Crippen MR) is 102 cm³/mol. The molecular formula is C21H32N2O3. The third kappa shape index (κ3) is 4.57. The number of benzene rings is 1. The minimum atomic E-state index is -0.379. The van der Waals surface area contributed by atoms with Crippen LogP contribution in [-0.4, -0.2) is 31.1 Å². The lowest BCUT2D eigenvalue weighted by molar-refractivity contribution is -0.179. The van der Waals surface area contributed by atoms with Gasteiger partial charge in [0.2, 0.25) is 0 Å². The first kappa shape index (κ1) is 19.2. The summed E-state index contributed by atoms with van der Waals surface area (Å²) in [5, 5.41) is 6.31. The number of carbonyl (C=O) groups is 1. The molecule has 26 heavy (non-hydrogen) atoms. The normalized spacial score (nSPS) is 21.1. The number of amides is 2. The van der Waals surface area contributed by atoms with Crippen LogP contribution in [-0.2, 0) is 15.9 Å². The van der Waals surface area contributed by atoms with Crippen LogP contribution in [0, 0.1) is 5.92 Å². The van der Waals surface area contributed by atoms with Gasteiger partial charge in [-0.3, -0.25) is 0 Å². The summed E-state index contributed by atoms with van der Waals surface area (Å²) in [6.45, 7) is 7.79. The van der Waals surface area contributed by atoms with Crippen molar-refractivity contribution in [3.63, 3.8) is 0 Å². The summed E-state index contributed by atoms with van der Waals surface area (Å²) in [5.74, 6) is -0.0565. The maximum absolute atomic E-state index is 12.6. The third-order valence-electron chi connectivity index (χ3n) is 5.60. The zero-order chi connectivity index (χ0) is 18.6. The van der Waals surface area contributed by atoms with Crippen LogP contribution in [0.4, 0.5) is 4.79 Å². The topological polar surface area (TPSA) is 59.6 Å². The Morgan fingerprint density at radius 3 is 2.31 bits per heavy atom. The molecule has 2 amide bonds. The second-order valence-electron chi connectivity index (χ2n) is 7.82. The van der Waals surface area contributed by atoms with E-state index in [4.69, 9.17) is 9.47 Å². The molecular weight excluding hydrogens is 328 g/mol. The maximum Gasteiger partial charge on any atom is 0.315 e. The van der Waals surface area contributed by atoms with E-state index in [1.165, 1.54) is 5.56 Å². The third-order valence-corrected chi connectivity index (χ3v) is 5.60. The first-order valence-corrected chi connectivity index (χ1v) is 9.95. The summed E-state index contributed by atoms with van der Waals surface area (Å²) in [7, 11) is 0. The number of aryl methyl sites for hydroxylation is 1. The van der Waals surface area contributed by atoms with E-state index in [9.17, 15) is 4.79 Å². The van der Waals surface area contributed by atoms with Crippen molar-refractivity contribution in [2.75, 3.05) is 13.2 Å². The van der Waals surface area contributed by atoms with Crippen LogP contribution in [0.25, 0.3) is 0 Å². The Balaban J connectivity index is 1.53. The number of urea groups is 1. The van der Waals surface area contributed by atoms with Gasteiger partial charge in [-0.1, -0.05) is 45.0 Å². The zero-order valence-electron chi connectivity index (χ0n) is 16.2. The number of nitrogens with one attached hydrogen (secondary N) is 2. The molecule has 1 spiro atoms. The van der Waals surface area contributed by atoms with Gasteiger partial charge in [0.25, 0.3) is 0 Å². The average Bonchev–Trinajstić information content (AvgIpc) is 3.10. The summed E-state index contributed by atoms with van der Waals surface area (Å²) < 4.78 is 11.5. The number of ether oxygens (including phenoxy) is 2. The Labute approximate surface area is 156 Å². The van der Waals surface area contributed by atoms with Gasteiger partial charge in [0.05, 0.1) is 19.3 Å². The van der Waals surface area contributed by atoms with E-state index >= 15 is 0 Å². The fourth-order valence-electron chi connectivity index (χ4n) is 3.95. The Bertz CT molecular complexity index is 584. The molecule has 1 atom stereocenters. The highest BCUT2D eigenvalue weighted by molar-refractivity contribution is 5.74. The van der Waals surface area contributed by atoms with Crippen molar-refractivity contribution in [3.05, 3.63) is 35.4 Å². The fraction of sp³-hybridized carbons (Fsp3) is 0.667. The molecule has 0 aromatic heterocycles. The molecule has 2 N–H and O–H groups in total. The standard InChI is InChI=1S/C21H32N2O3/c1-4-16-5-7-17(8-6-16)19(15(2)3)23-20(24)22-18-9-11-21(12-10-18)25-13-14-26-21/h5-8,15,18-19H,4,9-14H2,1-3H3,(H2,22,23,24)/t19-/m1/s1. The molecule has 5 heteroatoms. The molecule has 0 bridgehead atoms. The Morgan fingerprint density at radius 2 is 1.77 bits per heavy atom. The molecule has 1 saturated carbocycles. The fourth-order valence-corrected chi connectivity index (χ4v) is 3.95. The molecule has 3 rings (SSSR count). The Kier molecular flexibility index (Phi) is 6.20. The Hall–Kier alpha value is -1.59. The minimum absolute atomic E-state index is 0.0114. The molecule has 1 saturated heterocycles. The maximum atomic E-state index is 12.6. The second kappa shape index (κ2) is 8.40. The smallest absolute Gasteiger partial charge is 0.315 e. The first-order valence-electron chi connectivity index (χ1n) is 9.95. The molecule has 1 aromatic rings. The highest BCUT2D eigenvalue weighted by atomic mass is 16.7. The average molecular weight is 360 g/mol. The highest BCUT2D eigenvalue weighted by Crippen LogP contribution is 2.35. The molecule has 2 fully saturated rings. The minimum Gasteiger partial charge on any atom is -0.348 e. The van der Waals surface area contributed by atoms with Gasteiger partial charge in [0, 0.05) is 18.9 Å². The molecule has 0 radical (unpaired) electrons. The van der Waals surface area contributed by atoms with Gasteiger partial charge in [-0.2, -0.15) is 0 Å². The summed E-state index contributed by atoms with van der Waals surface area (Å²) in [6, 6.07) is 8.66. The van der Waals surface area contributed by atoms with Crippen molar-refractivity contribution in [3.8, 4) is 0 Å². The van der Waals surface area contributed by atoms with E-state index in [1.54, 1.807) is 0 Å². The van der Waals surface area contributed by atoms with Crippen LogP contribution in [0.5, 0.6) is 0 Å². The van der Waals surface area contributed by atoms with Crippen LogP contribution in [0.15, 0.2) is 24.3 Å². The lowest BCUT2D eigenvalue weighted by atomic mass is 9.90. The van der Waals surface area contributed by atoms with Gasteiger partial charge < -0.3 is 20.1 Å². The number of hydrogen-bond acceptors (Lipinski definition) is 3. The van der Waals surface area contributed by atoms with Gasteiger partial charge >= 0.3 is 6.03 Å². The number of carbonyl (C=O) groups excluding carboxylic acids is 1. The van der Waals surface area contributed by atoms with Gasteiger partial charge in [-0.25, -0.2) is 4.79 Å². The van der Waals surface area contributed by atoms with Crippen molar-refractivity contribution in [1.82, 2.24) is 10.6 Å². The van der Waals surface area contributed by atoms with Crippen LogP contribution < -0.4 is 10.6 Å². The lowest BCUT2D eigenvalue weighted by Crippen LogP contribution is -2.48. The van der Waals surface area contributed by atoms with E-state index in [0.29, 0.717) is 19.1 Å². The van der Waals surface area contributed by atoms with Crippen molar-refractivity contribution in [2.45, 2.75) is 70.7 Å². The van der Waals surface area contributed by atoms with Crippen LogP contribution >= 0.6 is 0 Å². The Morgan fingerprint density at radius 1 is 1.15 bits per heavy atom. The molecule has 1 aromatic carbocycles. The van der Waals surface area contributed by atoms with E-state index in [-0.39, 0.29) is 23.9 Å². The molecule has 0 unspecified atom stereocenters. The van der Waals surface area contributed by atoms with E-state index < -0.39 is 0 Å². The molecule has 144 valence electrons. The highest BCUT2D eigenvalue weighted by Gasteiger charge is 2.40. The van der Waals surface area contributed by atoms with Crippen molar-refractivity contribution >= 4 is 6.03 Å². The zero-order valence-corrected chi connectivity index (χ0v) is 16.2. The summed E-state index contributed by atoms with van der Waals surface area (Å²) in [4.78, 5) is 12.6. The molecule has 1 aliphatic heterocycles. The van der Waals surface area contributed by atoms with Crippen LogP contribution in [0.2, 0.25) is 0 Å². The van der Waals surface area contributed by atoms with Crippen molar-refractivity contribution in [1.29, 1.82) is 0 Å². The summed E-state index contributed by atoms with van der Waals surface area (Å²) >= 11 is 0. The summed E-state index contributed by atoms with van der Waals surface area (Å²) in [5.41, 5.74) is 2.47. The van der Waals surface area contributed by atoms with Gasteiger partial charge in [-0.05, 0) is 36.3 Å². The molecule has 1 heterocycles. The second-order valence-corrected chi connectivity index (χ2v) is 7.82. The quantitative estimate of drug-likeness (QED) is 0.836. The van der Waals surface area contributed by atoms with Crippen LogP contribution in [0.1, 0.15) is 63.6 Å². The van der Waals surface area contributed by atoms with Gasteiger partial charge in [0.1, 0.15) is 0 Å². The first-order chi connectivity index (χ1) is 12.5. The summed E-state index contributed by atoms with van der Waals surface area (Å²) in [6.07, 6.45) is 4.52. The largest absolute Gasteiger partial charge is 0.348 e. The molecule has 5 nitrogen and oxygen atoms in total. The van der Waals surface area contributed by atoms with E-state index in [2.05, 4.69) is 55.7 Å². The number of hydrogen-bond donors (Lipinski definition) is 2. The van der Waals surface area contributed by atoms with Crippen molar-refractivity contribution < 1.29 is 14.3 Å². The monoisotopic (exact) mass is 360 g/mol. The molecule has 1 aliphatic carbocycles.